The van der Waals surface area contributed by atoms with Crippen LogP contribution in [0.15, 0.2) is 121 Å². The van der Waals surface area contributed by atoms with Gasteiger partial charge in [0.15, 0.2) is 6.29 Å². The van der Waals surface area contributed by atoms with Gasteiger partial charge >= 0.3 is 0 Å². The Bertz CT molecular complexity index is 1270. The molecule has 4 aromatic rings. The topological polar surface area (TPSA) is 55.4 Å². The third-order valence-corrected chi connectivity index (χ3v) is 6.92. The van der Waals surface area contributed by atoms with Crippen LogP contribution in [0.5, 0.6) is 5.75 Å². The van der Waals surface area contributed by atoms with Gasteiger partial charge in [-0.1, -0.05) is 109 Å². The van der Waals surface area contributed by atoms with Gasteiger partial charge in [0.05, 0.1) is 19.8 Å². The molecule has 0 aromatic heterocycles. The summed E-state index contributed by atoms with van der Waals surface area (Å²) in [6.45, 7) is 1.12. The van der Waals surface area contributed by atoms with E-state index in [0.717, 1.165) is 16.7 Å². The maximum atomic E-state index is 6.63. The second-order valence-electron chi connectivity index (χ2n) is 9.67. The number of hydrogen-bond donors (Lipinski definition) is 0. The van der Waals surface area contributed by atoms with E-state index in [1.54, 1.807) is 0 Å². The molecule has 39 heavy (non-hydrogen) atoms. The fraction of sp³-hybridized carbons (Fsp3) is 0.273. The lowest BCUT2D eigenvalue weighted by Crippen LogP contribution is -2.64. The maximum absolute atomic E-state index is 6.63. The van der Waals surface area contributed by atoms with Crippen LogP contribution in [0, 0.1) is 0 Å². The highest BCUT2D eigenvalue weighted by Gasteiger charge is 2.52. The number of fused-ring (bicyclic) bond motifs is 1. The summed E-state index contributed by atoms with van der Waals surface area (Å²) >= 11 is 0. The monoisotopic (exact) mass is 524 g/mol. The first-order chi connectivity index (χ1) is 19.3. The highest BCUT2D eigenvalue weighted by Crippen LogP contribution is 2.37. The molecule has 6 atom stereocenters. The molecule has 0 saturated carbocycles. The van der Waals surface area contributed by atoms with E-state index in [1.165, 1.54) is 0 Å². The molecule has 200 valence electrons. The van der Waals surface area contributed by atoms with Crippen LogP contribution >= 0.6 is 0 Å². The van der Waals surface area contributed by atoms with Gasteiger partial charge in [0.1, 0.15) is 30.2 Å². The summed E-state index contributed by atoms with van der Waals surface area (Å²) in [5.41, 5.74) is 3.06. The molecular formula is C33H32O6. The zero-order valence-corrected chi connectivity index (χ0v) is 21.6. The van der Waals surface area contributed by atoms with Gasteiger partial charge in [-0.05, 0) is 23.3 Å². The van der Waals surface area contributed by atoms with E-state index in [4.69, 9.17) is 28.4 Å². The fourth-order valence-corrected chi connectivity index (χ4v) is 4.95. The van der Waals surface area contributed by atoms with Gasteiger partial charge in [-0.2, -0.15) is 0 Å². The number of para-hydroxylation sites is 1. The van der Waals surface area contributed by atoms with Gasteiger partial charge in [0.2, 0.25) is 6.29 Å². The van der Waals surface area contributed by atoms with Gasteiger partial charge < -0.3 is 28.4 Å². The second-order valence-corrected chi connectivity index (χ2v) is 9.67. The molecule has 1 unspecified atom stereocenters. The van der Waals surface area contributed by atoms with E-state index >= 15 is 0 Å². The molecule has 2 heterocycles. The van der Waals surface area contributed by atoms with Gasteiger partial charge in [0.25, 0.3) is 0 Å². The first-order valence-corrected chi connectivity index (χ1v) is 13.3. The van der Waals surface area contributed by atoms with Crippen molar-refractivity contribution in [2.24, 2.45) is 0 Å². The Balaban J connectivity index is 1.30. The lowest BCUT2D eigenvalue weighted by Gasteiger charge is -2.48. The quantitative estimate of drug-likeness (QED) is 0.265. The van der Waals surface area contributed by atoms with Gasteiger partial charge in [0, 0.05) is 5.56 Å². The van der Waals surface area contributed by atoms with Crippen molar-refractivity contribution in [2.45, 2.75) is 50.2 Å². The third-order valence-electron chi connectivity index (χ3n) is 6.92. The lowest BCUT2D eigenvalue weighted by molar-refractivity contribution is -0.361. The highest BCUT2D eigenvalue weighted by molar-refractivity contribution is 5.22. The summed E-state index contributed by atoms with van der Waals surface area (Å²) in [4.78, 5) is 0. The van der Waals surface area contributed by atoms with E-state index in [9.17, 15) is 0 Å². The number of ether oxygens (including phenoxy) is 6. The molecule has 0 spiro atoms. The van der Waals surface area contributed by atoms with Crippen LogP contribution < -0.4 is 4.74 Å². The molecular weight excluding hydrogens is 492 g/mol. The maximum Gasteiger partial charge on any atom is 0.229 e. The standard InChI is InChI=1S/C33H32O6/c1-5-13-24(14-6-1)21-34-30-29-28(23-36-32(39-29)26-17-9-3-10-18-26)38-33(37-27-19-11-4-12-20-27)31(30)35-22-25-15-7-2-8-16-25/h1-20,28-33H,21-23H2/t28-,29-,30+,31-,32?,33-/m1/s1. The molecule has 0 N–H and O–H groups in total. The zero-order chi connectivity index (χ0) is 26.3. The van der Waals surface area contributed by atoms with Crippen molar-refractivity contribution in [1.82, 2.24) is 0 Å². The predicted octanol–water partition coefficient (Wildman–Crippen LogP) is 6.08. The number of rotatable bonds is 9. The van der Waals surface area contributed by atoms with Crippen molar-refractivity contribution >= 4 is 0 Å². The van der Waals surface area contributed by atoms with Crippen molar-refractivity contribution in [3.63, 3.8) is 0 Å². The molecule has 6 heteroatoms. The largest absolute Gasteiger partial charge is 0.462 e. The Morgan fingerprint density at radius 2 is 1.13 bits per heavy atom. The van der Waals surface area contributed by atoms with Crippen LogP contribution in [0.1, 0.15) is 23.0 Å². The molecule has 0 aliphatic carbocycles. The van der Waals surface area contributed by atoms with Crippen LogP contribution in [0.4, 0.5) is 0 Å². The Labute approximate surface area is 229 Å². The van der Waals surface area contributed by atoms with E-state index in [2.05, 4.69) is 0 Å². The van der Waals surface area contributed by atoms with Crippen molar-refractivity contribution < 1.29 is 28.4 Å². The van der Waals surface area contributed by atoms with Crippen molar-refractivity contribution in [2.75, 3.05) is 6.61 Å². The van der Waals surface area contributed by atoms with E-state index in [-0.39, 0.29) is 0 Å². The summed E-state index contributed by atoms with van der Waals surface area (Å²) in [7, 11) is 0. The smallest absolute Gasteiger partial charge is 0.229 e. The van der Waals surface area contributed by atoms with E-state index in [1.807, 2.05) is 121 Å². The van der Waals surface area contributed by atoms with Gasteiger partial charge in [-0.25, -0.2) is 0 Å². The minimum absolute atomic E-state index is 0.343. The summed E-state index contributed by atoms with van der Waals surface area (Å²) < 4.78 is 38.7. The van der Waals surface area contributed by atoms with Crippen LogP contribution in [0.3, 0.4) is 0 Å². The lowest BCUT2D eigenvalue weighted by atomic mass is 9.97. The first kappa shape index (κ1) is 25.7. The second kappa shape index (κ2) is 12.6. The Morgan fingerprint density at radius 3 is 1.74 bits per heavy atom. The van der Waals surface area contributed by atoms with Crippen LogP contribution in [0.2, 0.25) is 0 Å². The first-order valence-electron chi connectivity index (χ1n) is 13.3. The van der Waals surface area contributed by atoms with Crippen LogP contribution in [-0.4, -0.2) is 37.3 Å². The van der Waals surface area contributed by atoms with E-state index in [0.29, 0.717) is 25.6 Å². The summed E-state index contributed by atoms with van der Waals surface area (Å²) in [5, 5.41) is 0. The summed E-state index contributed by atoms with van der Waals surface area (Å²) in [5.74, 6) is 0.691. The van der Waals surface area contributed by atoms with Crippen molar-refractivity contribution in [1.29, 1.82) is 0 Å². The average molecular weight is 525 g/mol. The van der Waals surface area contributed by atoms with Crippen LogP contribution in [-0.2, 0) is 36.9 Å². The minimum Gasteiger partial charge on any atom is -0.462 e. The molecule has 2 aliphatic rings. The summed E-state index contributed by atoms with van der Waals surface area (Å²) in [6, 6.07) is 39.7. The molecule has 2 saturated heterocycles. The van der Waals surface area contributed by atoms with Gasteiger partial charge in [-0.3, -0.25) is 0 Å². The minimum atomic E-state index is -0.724. The normalized spacial score (nSPS) is 26.5. The Kier molecular flexibility index (Phi) is 8.29. The molecule has 0 radical (unpaired) electrons. The van der Waals surface area contributed by atoms with Crippen LogP contribution in [0.25, 0.3) is 0 Å². The summed E-state index contributed by atoms with van der Waals surface area (Å²) in [6.07, 6.45) is -3.11. The Morgan fingerprint density at radius 1 is 0.590 bits per heavy atom. The molecule has 0 bridgehead atoms. The molecule has 4 aromatic carbocycles. The molecule has 2 aliphatic heterocycles. The SMILES string of the molecule is c1ccc(CO[C@@H]2[C@@H](OCc3ccccc3)[C@H](Oc3ccccc3)O[C@@H]3COC(c4ccccc4)O[C@@H]23)cc1. The number of hydrogen-bond acceptors (Lipinski definition) is 6. The molecule has 2 fully saturated rings. The molecule has 6 nitrogen and oxygen atoms in total. The van der Waals surface area contributed by atoms with Crippen molar-refractivity contribution in [3.05, 3.63) is 138 Å². The zero-order valence-electron chi connectivity index (χ0n) is 21.6. The van der Waals surface area contributed by atoms with Gasteiger partial charge in [-0.15, -0.1) is 0 Å². The Hall–Kier alpha value is -3.52. The highest BCUT2D eigenvalue weighted by atomic mass is 16.8. The third kappa shape index (κ3) is 6.38. The average Bonchev–Trinajstić information content (AvgIpc) is 3.01. The van der Waals surface area contributed by atoms with E-state index < -0.39 is 37.0 Å². The predicted molar refractivity (Wildman–Crippen MR) is 146 cm³/mol. The van der Waals surface area contributed by atoms with Crippen molar-refractivity contribution in [3.8, 4) is 5.75 Å². The fourth-order valence-electron chi connectivity index (χ4n) is 4.95. The molecule has 0 amide bonds. The number of benzene rings is 4. The molecule has 6 rings (SSSR count).